The average molecular weight is 304 g/mol. The Morgan fingerprint density at radius 2 is 1.61 bits per heavy atom. The fourth-order valence-corrected chi connectivity index (χ4v) is 2.46. The van der Waals surface area contributed by atoms with E-state index in [0.29, 0.717) is 0 Å². The monoisotopic (exact) mass is 303 g/mol. The van der Waals surface area contributed by atoms with Gasteiger partial charge < -0.3 is 5.32 Å². The molecule has 0 spiro atoms. The van der Waals surface area contributed by atoms with Crippen LogP contribution >= 0.6 is 15.9 Å². The molecule has 0 aromatic heterocycles. The zero-order valence-electron chi connectivity index (χ0n) is 11.0. The van der Waals surface area contributed by atoms with Gasteiger partial charge in [0.15, 0.2) is 0 Å². The fraction of sp³-hybridized carbons (Fsp3) is 0.250. The quantitative estimate of drug-likeness (QED) is 0.842. The van der Waals surface area contributed by atoms with Crippen molar-refractivity contribution >= 4 is 21.6 Å². The van der Waals surface area contributed by atoms with Crippen molar-refractivity contribution in [3.63, 3.8) is 0 Å². The van der Waals surface area contributed by atoms with Crippen LogP contribution in [0.3, 0.4) is 0 Å². The Kier molecular flexibility index (Phi) is 4.07. The molecule has 0 amide bonds. The number of rotatable bonds is 3. The van der Waals surface area contributed by atoms with Crippen LogP contribution in [-0.2, 0) is 6.54 Å². The average Bonchev–Trinajstić information content (AvgIpc) is 2.29. The second-order valence-corrected chi connectivity index (χ2v) is 5.67. The van der Waals surface area contributed by atoms with Gasteiger partial charge in [0.05, 0.1) is 0 Å². The Morgan fingerprint density at radius 3 is 2.22 bits per heavy atom. The first-order valence-corrected chi connectivity index (χ1v) is 6.91. The van der Waals surface area contributed by atoms with Crippen LogP contribution in [0.1, 0.15) is 22.3 Å². The molecule has 0 unspecified atom stereocenters. The Morgan fingerprint density at radius 1 is 0.944 bits per heavy atom. The second-order valence-electron chi connectivity index (χ2n) is 4.81. The summed E-state index contributed by atoms with van der Waals surface area (Å²) in [7, 11) is 0. The highest BCUT2D eigenvalue weighted by atomic mass is 79.9. The third-order valence-corrected chi connectivity index (χ3v) is 3.80. The van der Waals surface area contributed by atoms with E-state index in [4.69, 9.17) is 0 Å². The highest BCUT2D eigenvalue weighted by Crippen LogP contribution is 2.21. The van der Waals surface area contributed by atoms with E-state index in [-0.39, 0.29) is 0 Å². The lowest BCUT2D eigenvalue weighted by Crippen LogP contribution is -2.00. The Hall–Kier alpha value is -1.28. The molecule has 0 bridgehead atoms. The van der Waals surface area contributed by atoms with Crippen LogP contribution in [0.25, 0.3) is 0 Å². The van der Waals surface area contributed by atoms with Crippen LogP contribution in [0.4, 0.5) is 5.69 Å². The molecule has 2 heteroatoms. The van der Waals surface area contributed by atoms with Gasteiger partial charge in [0.1, 0.15) is 0 Å². The van der Waals surface area contributed by atoms with Gasteiger partial charge in [-0.1, -0.05) is 51.3 Å². The molecule has 0 saturated heterocycles. The van der Waals surface area contributed by atoms with Gasteiger partial charge in [-0.3, -0.25) is 0 Å². The van der Waals surface area contributed by atoms with Crippen LogP contribution in [0.15, 0.2) is 40.9 Å². The fourth-order valence-electron chi connectivity index (χ4n) is 2.08. The van der Waals surface area contributed by atoms with Gasteiger partial charge in [-0.25, -0.2) is 0 Å². The van der Waals surface area contributed by atoms with Crippen LogP contribution in [0, 0.1) is 20.8 Å². The third-order valence-electron chi connectivity index (χ3n) is 2.95. The molecule has 2 rings (SSSR count). The largest absolute Gasteiger partial charge is 0.381 e. The van der Waals surface area contributed by atoms with Crippen molar-refractivity contribution in [3.8, 4) is 0 Å². The molecule has 0 fully saturated rings. The van der Waals surface area contributed by atoms with Crippen molar-refractivity contribution in [1.82, 2.24) is 0 Å². The lowest BCUT2D eigenvalue weighted by Gasteiger charge is -2.09. The zero-order valence-corrected chi connectivity index (χ0v) is 12.6. The Bertz CT molecular complexity index is 541. The van der Waals surface area contributed by atoms with Crippen molar-refractivity contribution in [1.29, 1.82) is 0 Å². The maximum absolute atomic E-state index is 3.56. The number of benzene rings is 2. The smallest absolute Gasteiger partial charge is 0.0400 e. The van der Waals surface area contributed by atoms with Crippen molar-refractivity contribution in [2.45, 2.75) is 27.3 Å². The minimum absolute atomic E-state index is 0.859. The molecule has 0 aliphatic rings. The van der Waals surface area contributed by atoms with Gasteiger partial charge in [-0.2, -0.15) is 0 Å². The van der Waals surface area contributed by atoms with Crippen LogP contribution in [0.2, 0.25) is 0 Å². The second kappa shape index (κ2) is 5.57. The molecule has 1 nitrogen and oxygen atoms in total. The van der Waals surface area contributed by atoms with E-state index in [2.05, 4.69) is 78.4 Å². The summed E-state index contributed by atoms with van der Waals surface area (Å²) in [5.74, 6) is 0. The Balaban J connectivity index is 2.08. The molecular formula is C16H18BrN. The van der Waals surface area contributed by atoms with Crippen molar-refractivity contribution in [2.24, 2.45) is 0 Å². The standard InChI is InChI=1S/C16H18BrN/c1-11-6-12(2)8-14(7-11)10-18-15-5-4-13(3)16(17)9-15/h4-9,18H,10H2,1-3H3. The topological polar surface area (TPSA) is 12.0 Å². The van der Waals surface area contributed by atoms with Crippen molar-refractivity contribution in [3.05, 3.63) is 63.1 Å². The highest BCUT2D eigenvalue weighted by molar-refractivity contribution is 9.10. The van der Waals surface area contributed by atoms with E-state index in [1.165, 1.54) is 22.3 Å². The number of halogens is 1. The minimum Gasteiger partial charge on any atom is -0.381 e. The van der Waals surface area contributed by atoms with Crippen LogP contribution < -0.4 is 5.32 Å². The lowest BCUT2D eigenvalue weighted by molar-refractivity contribution is 1.13. The minimum atomic E-state index is 0.859. The van der Waals surface area contributed by atoms with Crippen LogP contribution in [0.5, 0.6) is 0 Å². The Labute approximate surface area is 117 Å². The molecule has 2 aromatic rings. The summed E-state index contributed by atoms with van der Waals surface area (Å²) in [6.07, 6.45) is 0. The molecule has 0 atom stereocenters. The van der Waals surface area contributed by atoms with E-state index in [1.807, 2.05) is 0 Å². The number of aryl methyl sites for hydroxylation is 3. The highest BCUT2D eigenvalue weighted by Gasteiger charge is 1.99. The SMILES string of the molecule is Cc1cc(C)cc(CNc2ccc(C)c(Br)c2)c1. The summed E-state index contributed by atoms with van der Waals surface area (Å²) < 4.78 is 1.15. The molecule has 0 radical (unpaired) electrons. The zero-order chi connectivity index (χ0) is 13.1. The molecule has 2 aromatic carbocycles. The van der Waals surface area contributed by atoms with E-state index < -0.39 is 0 Å². The summed E-state index contributed by atoms with van der Waals surface area (Å²) in [4.78, 5) is 0. The van der Waals surface area contributed by atoms with Crippen molar-refractivity contribution < 1.29 is 0 Å². The normalized spacial score (nSPS) is 10.4. The van der Waals surface area contributed by atoms with Gasteiger partial charge in [-0.15, -0.1) is 0 Å². The molecular weight excluding hydrogens is 286 g/mol. The maximum atomic E-state index is 3.56. The molecule has 0 heterocycles. The summed E-state index contributed by atoms with van der Waals surface area (Å²) in [5.41, 5.74) is 6.36. The van der Waals surface area contributed by atoms with E-state index >= 15 is 0 Å². The van der Waals surface area contributed by atoms with E-state index in [1.54, 1.807) is 0 Å². The van der Waals surface area contributed by atoms with Gasteiger partial charge in [-0.05, 0) is 44.0 Å². The number of nitrogens with one attached hydrogen (secondary N) is 1. The summed E-state index contributed by atoms with van der Waals surface area (Å²) in [6.45, 7) is 7.23. The summed E-state index contributed by atoms with van der Waals surface area (Å²) in [5, 5.41) is 3.45. The molecule has 1 N–H and O–H groups in total. The van der Waals surface area contributed by atoms with Gasteiger partial charge in [0.2, 0.25) is 0 Å². The van der Waals surface area contributed by atoms with E-state index in [9.17, 15) is 0 Å². The summed E-state index contributed by atoms with van der Waals surface area (Å²) >= 11 is 3.56. The maximum Gasteiger partial charge on any atom is 0.0400 e. The van der Waals surface area contributed by atoms with E-state index in [0.717, 1.165) is 16.7 Å². The molecule has 0 aliphatic carbocycles. The predicted octanol–water partition coefficient (Wildman–Crippen LogP) is 4.99. The number of anilines is 1. The molecule has 0 saturated carbocycles. The molecule has 94 valence electrons. The van der Waals surface area contributed by atoms with Gasteiger partial charge in [0, 0.05) is 16.7 Å². The predicted molar refractivity (Wildman–Crippen MR) is 82.1 cm³/mol. The van der Waals surface area contributed by atoms with Gasteiger partial charge >= 0.3 is 0 Å². The summed E-state index contributed by atoms with van der Waals surface area (Å²) in [6, 6.07) is 13.0. The van der Waals surface area contributed by atoms with Crippen LogP contribution in [-0.4, -0.2) is 0 Å². The first-order valence-electron chi connectivity index (χ1n) is 6.12. The first kappa shape index (κ1) is 13.2. The number of hydrogen-bond acceptors (Lipinski definition) is 1. The first-order chi connectivity index (χ1) is 8.54. The molecule has 18 heavy (non-hydrogen) atoms. The third kappa shape index (κ3) is 3.36. The lowest BCUT2D eigenvalue weighted by atomic mass is 10.1. The van der Waals surface area contributed by atoms with Crippen molar-refractivity contribution in [2.75, 3.05) is 5.32 Å². The van der Waals surface area contributed by atoms with Gasteiger partial charge in [0.25, 0.3) is 0 Å². The number of hydrogen-bond donors (Lipinski definition) is 1. The molecule has 0 aliphatic heterocycles.